The molecule has 0 saturated carbocycles. The number of aliphatic hydroxyl groups excluding tert-OH is 1. The smallest absolute Gasteiger partial charge is 0.269 e. The summed E-state index contributed by atoms with van der Waals surface area (Å²) in [6.07, 6.45) is 1.54. The summed E-state index contributed by atoms with van der Waals surface area (Å²) in [5, 5.41) is 16.8. The normalized spacial score (nSPS) is 20.2. The van der Waals surface area contributed by atoms with Crippen molar-refractivity contribution in [2.45, 2.75) is 31.7 Å². The topological polar surface area (TPSA) is 131 Å². The number of nitrogens with zero attached hydrogens (tertiary/aromatic N) is 4. The first kappa shape index (κ1) is 23.2. The molecule has 0 bridgehead atoms. The number of rotatable bonds is 7. The number of hydrogen-bond donors (Lipinski definition) is 3. The van der Waals surface area contributed by atoms with E-state index in [1.165, 1.54) is 6.20 Å². The number of carbonyl (C=O) groups is 1. The van der Waals surface area contributed by atoms with Gasteiger partial charge in [0.05, 0.1) is 36.1 Å². The van der Waals surface area contributed by atoms with Gasteiger partial charge in [0.15, 0.2) is 18.2 Å². The van der Waals surface area contributed by atoms with E-state index in [0.717, 1.165) is 29.7 Å². The van der Waals surface area contributed by atoms with Gasteiger partial charge < -0.3 is 29.8 Å². The fraction of sp³-hybridized carbons (Fsp3) is 0.417. The number of likely N-dealkylation sites (tertiary alicyclic amines) is 1. The van der Waals surface area contributed by atoms with Crippen LogP contribution in [0.4, 0.5) is 5.82 Å². The summed E-state index contributed by atoms with van der Waals surface area (Å²) < 4.78 is 12.3. The Balaban J connectivity index is 1.17. The van der Waals surface area contributed by atoms with Gasteiger partial charge in [-0.25, -0.2) is 9.97 Å². The molecule has 2 atom stereocenters. The van der Waals surface area contributed by atoms with Crippen LogP contribution in [-0.4, -0.2) is 75.9 Å². The van der Waals surface area contributed by atoms with Gasteiger partial charge in [0.1, 0.15) is 5.75 Å². The van der Waals surface area contributed by atoms with Crippen molar-refractivity contribution in [3.8, 4) is 11.5 Å². The number of fused-ring (bicyclic) bond motifs is 2. The minimum atomic E-state index is -0.560. The number of anilines is 1. The van der Waals surface area contributed by atoms with Crippen molar-refractivity contribution in [3.63, 3.8) is 0 Å². The van der Waals surface area contributed by atoms with Gasteiger partial charge >= 0.3 is 0 Å². The highest BCUT2D eigenvalue weighted by atomic mass is 16.5. The number of pyridine rings is 1. The van der Waals surface area contributed by atoms with Crippen molar-refractivity contribution in [3.05, 3.63) is 52.6 Å². The van der Waals surface area contributed by atoms with E-state index >= 15 is 0 Å². The molecule has 184 valence electrons. The number of benzene rings is 1. The Morgan fingerprint density at radius 1 is 1.26 bits per heavy atom. The van der Waals surface area contributed by atoms with E-state index in [2.05, 4.69) is 25.5 Å². The van der Waals surface area contributed by atoms with Gasteiger partial charge in [0.2, 0.25) is 0 Å². The second kappa shape index (κ2) is 9.98. The number of hydrogen-bond acceptors (Lipinski definition) is 9. The summed E-state index contributed by atoms with van der Waals surface area (Å²) in [7, 11) is 1.59. The molecule has 11 heteroatoms. The molecule has 2 aliphatic rings. The van der Waals surface area contributed by atoms with Crippen LogP contribution >= 0.6 is 0 Å². The maximum Gasteiger partial charge on any atom is 0.269 e. The molecule has 5 rings (SSSR count). The number of piperidine rings is 1. The number of ether oxygens (including phenoxy) is 2. The minimum Gasteiger partial charge on any atom is -0.497 e. The summed E-state index contributed by atoms with van der Waals surface area (Å²) in [6.45, 7) is 2.87. The van der Waals surface area contributed by atoms with Gasteiger partial charge in [0, 0.05) is 38.3 Å². The number of amides is 1. The van der Waals surface area contributed by atoms with Crippen molar-refractivity contribution in [2.24, 2.45) is 0 Å². The fourth-order valence-corrected chi connectivity index (χ4v) is 4.52. The molecular weight excluding hydrogens is 452 g/mol. The van der Waals surface area contributed by atoms with Crippen LogP contribution in [0.2, 0.25) is 0 Å². The molecule has 2 aliphatic heterocycles. The molecule has 1 fully saturated rings. The van der Waals surface area contributed by atoms with E-state index < -0.39 is 6.10 Å². The predicted molar refractivity (Wildman–Crippen MR) is 129 cm³/mol. The van der Waals surface area contributed by atoms with Crippen molar-refractivity contribution in [1.82, 2.24) is 24.8 Å². The summed E-state index contributed by atoms with van der Waals surface area (Å²) in [4.78, 5) is 34.8. The van der Waals surface area contributed by atoms with Gasteiger partial charge in [-0.15, -0.1) is 0 Å². The fourth-order valence-electron chi connectivity index (χ4n) is 4.52. The van der Waals surface area contributed by atoms with Crippen LogP contribution in [0.15, 0.2) is 41.3 Å². The Bertz CT molecular complexity index is 1300. The number of aliphatic hydroxyl groups is 1. The average Bonchev–Trinajstić information content (AvgIpc) is 2.87. The van der Waals surface area contributed by atoms with Crippen LogP contribution in [0.5, 0.6) is 11.5 Å². The largest absolute Gasteiger partial charge is 0.497 e. The van der Waals surface area contributed by atoms with Crippen LogP contribution in [-0.2, 0) is 17.9 Å². The van der Waals surface area contributed by atoms with Crippen LogP contribution in [0.3, 0.4) is 0 Å². The molecule has 1 saturated heterocycles. The first-order valence-corrected chi connectivity index (χ1v) is 11.6. The minimum absolute atomic E-state index is 0.00272. The number of methoxy groups -OCH3 is 1. The second-order valence-corrected chi connectivity index (χ2v) is 8.73. The average molecular weight is 481 g/mol. The first-order valence-electron chi connectivity index (χ1n) is 11.6. The Labute approximate surface area is 201 Å². The van der Waals surface area contributed by atoms with E-state index in [-0.39, 0.29) is 24.1 Å². The van der Waals surface area contributed by atoms with E-state index in [1.54, 1.807) is 17.7 Å². The zero-order valence-electron chi connectivity index (χ0n) is 19.4. The zero-order chi connectivity index (χ0) is 24.4. The molecule has 11 nitrogen and oxygen atoms in total. The Morgan fingerprint density at radius 2 is 2.14 bits per heavy atom. The number of carbonyl (C=O) groups excluding carboxylic acids is 1. The molecule has 2 unspecified atom stereocenters. The van der Waals surface area contributed by atoms with Crippen LogP contribution < -0.4 is 25.7 Å². The maximum absolute atomic E-state index is 12.5. The monoisotopic (exact) mass is 480 g/mol. The van der Waals surface area contributed by atoms with E-state index in [9.17, 15) is 14.7 Å². The molecule has 3 aromatic rings. The standard InChI is InChI=1S/C24H28N6O5/c1-34-16-3-4-17-19(10-16)30(23(33)12-26-17)9-8-29-7-6-18(20(31)13-29)25-11-15-2-5-21-24(27-15)28-22(32)14-35-21/h2-5,10,12,18,20,25,31H,6-9,11,13-14H2,1H3,(H,27,28,32). The lowest BCUT2D eigenvalue weighted by Crippen LogP contribution is -2.53. The molecule has 2 aromatic heterocycles. The highest BCUT2D eigenvalue weighted by Gasteiger charge is 2.27. The number of nitrogens with one attached hydrogen (secondary N) is 2. The predicted octanol–water partition coefficient (Wildman–Crippen LogP) is 0.356. The Morgan fingerprint density at radius 3 is 2.97 bits per heavy atom. The summed E-state index contributed by atoms with van der Waals surface area (Å²) in [5.74, 6) is 1.43. The maximum atomic E-state index is 12.5. The lowest BCUT2D eigenvalue weighted by molar-refractivity contribution is -0.118. The summed E-state index contributed by atoms with van der Waals surface area (Å²) in [5.41, 5.74) is 2.05. The third-order valence-corrected chi connectivity index (χ3v) is 6.44. The molecule has 1 aromatic carbocycles. The van der Waals surface area contributed by atoms with Crippen molar-refractivity contribution >= 4 is 22.8 Å². The molecule has 4 heterocycles. The lowest BCUT2D eigenvalue weighted by atomic mass is 10.0. The highest BCUT2D eigenvalue weighted by molar-refractivity contribution is 5.94. The van der Waals surface area contributed by atoms with Crippen molar-refractivity contribution in [2.75, 3.05) is 38.7 Å². The molecule has 0 aliphatic carbocycles. The number of β-amino-alcohol motifs (C(OH)–C–C–N with tert-alkyl or cyclic N) is 1. The summed E-state index contributed by atoms with van der Waals surface area (Å²) in [6, 6.07) is 9.03. The van der Waals surface area contributed by atoms with Crippen LogP contribution in [0, 0.1) is 0 Å². The molecule has 1 amide bonds. The SMILES string of the molecule is COc1ccc2ncc(=O)n(CCN3CCC(NCc4ccc5c(n4)NC(=O)CO5)C(O)C3)c2c1. The first-order chi connectivity index (χ1) is 17.0. The van der Waals surface area contributed by atoms with Crippen LogP contribution in [0.25, 0.3) is 11.0 Å². The van der Waals surface area contributed by atoms with Crippen molar-refractivity contribution in [1.29, 1.82) is 0 Å². The molecule has 0 spiro atoms. The zero-order valence-corrected chi connectivity index (χ0v) is 19.4. The molecule has 35 heavy (non-hydrogen) atoms. The third kappa shape index (κ3) is 5.11. The quantitative estimate of drug-likeness (QED) is 0.439. The highest BCUT2D eigenvalue weighted by Crippen LogP contribution is 2.25. The molecular formula is C24H28N6O5. The molecule has 3 N–H and O–H groups in total. The summed E-state index contributed by atoms with van der Waals surface area (Å²) >= 11 is 0. The van der Waals surface area contributed by atoms with Gasteiger partial charge in [0.25, 0.3) is 11.5 Å². The Kier molecular flexibility index (Phi) is 6.62. The van der Waals surface area contributed by atoms with Crippen LogP contribution in [0.1, 0.15) is 12.1 Å². The lowest BCUT2D eigenvalue weighted by Gasteiger charge is -2.36. The van der Waals surface area contributed by atoms with E-state index in [0.29, 0.717) is 43.5 Å². The van der Waals surface area contributed by atoms with Gasteiger partial charge in [-0.2, -0.15) is 0 Å². The second-order valence-electron chi connectivity index (χ2n) is 8.73. The van der Waals surface area contributed by atoms with E-state index in [1.807, 2.05) is 24.3 Å². The van der Waals surface area contributed by atoms with E-state index in [4.69, 9.17) is 9.47 Å². The van der Waals surface area contributed by atoms with Gasteiger partial charge in [-0.3, -0.25) is 14.5 Å². The Hall–Kier alpha value is -3.54. The third-order valence-electron chi connectivity index (χ3n) is 6.44. The van der Waals surface area contributed by atoms with Gasteiger partial charge in [-0.1, -0.05) is 0 Å². The number of aromatic nitrogens is 3. The molecule has 0 radical (unpaired) electrons. The van der Waals surface area contributed by atoms with Gasteiger partial charge in [-0.05, 0) is 37.2 Å². The van der Waals surface area contributed by atoms with Crippen molar-refractivity contribution < 1.29 is 19.4 Å².